The molecule has 2 aromatic rings. The van der Waals surface area contributed by atoms with Crippen molar-refractivity contribution in [1.82, 2.24) is 14.3 Å². The van der Waals surface area contributed by atoms with Crippen LogP contribution in [-0.4, -0.2) is 53.1 Å². The molecule has 1 aromatic heterocycles. The third-order valence-corrected chi connectivity index (χ3v) is 7.31. The monoisotopic (exact) mass is 467 g/mol. The minimum atomic E-state index is -3.76. The molecule has 1 aliphatic rings. The smallest absolute Gasteiger partial charge is 0.239 e. The lowest BCUT2D eigenvalue weighted by Crippen LogP contribution is -2.50. The Kier molecular flexibility index (Phi) is 6.61. The number of guanidine groups is 1. The Morgan fingerprint density at radius 2 is 2.06 bits per heavy atom. The molecule has 0 unspecified atom stereocenters. The maximum absolute atomic E-state index is 14.6. The van der Waals surface area contributed by atoms with E-state index in [1.165, 1.54) is 44.6 Å². The molecule has 0 bridgehead atoms. The second kappa shape index (κ2) is 8.88. The largest absolute Gasteiger partial charge is 0.369 e. The van der Waals surface area contributed by atoms with Crippen molar-refractivity contribution in [3.63, 3.8) is 0 Å². The van der Waals surface area contributed by atoms with Crippen LogP contribution in [0.2, 0.25) is 0 Å². The summed E-state index contributed by atoms with van der Waals surface area (Å²) in [7, 11) is -2.46. The number of hydrogen-bond acceptors (Lipinski definition) is 7. The predicted octanol–water partition coefficient (Wildman–Crippen LogP) is 2.02. The summed E-state index contributed by atoms with van der Waals surface area (Å²) in [5.74, 6) is -1.07. The predicted molar refractivity (Wildman–Crippen MR) is 116 cm³/mol. The molecule has 0 aliphatic carbocycles. The minimum absolute atomic E-state index is 0.0507. The van der Waals surface area contributed by atoms with E-state index in [1.54, 1.807) is 0 Å². The topological polar surface area (TPSA) is 119 Å². The van der Waals surface area contributed by atoms with E-state index in [1.807, 2.05) is 0 Å². The van der Waals surface area contributed by atoms with E-state index in [4.69, 9.17) is 17.3 Å². The van der Waals surface area contributed by atoms with Gasteiger partial charge in [-0.15, -0.1) is 11.6 Å². The second-order valence-corrected chi connectivity index (χ2v) is 9.95. The van der Waals surface area contributed by atoms with Crippen molar-refractivity contribution in [2.45, 2.75) is 31.7 Å². The zero-order chi connectivity index (χ0) is 22.8. The number of ketones is 1. The van der Waals surface area contributed by atoms with Gasteiger partial charge in [0, 0.05) is 31.1 Å². The Morgan fingerprint density at radius 1 is 1.32 bits per heavy atom. The zero-order valence-electron chi connectivity index (χ0n) is 17.2. The first-order valence-corrected chi connectivity index (χ1v) is 11.7. The van der Waals surface area contributed by atoms with Crippen molar-refractivity contribution in [3.8, 4) is 0 Å². The van der Waals surface area contributed by atoms with Crippen LogP contribution in [-0.2, 0) is 28.4 Å². The number of benzene rings is 1. The van der Waals surface area contributed by atoms with Gasteiger partial charge in [-0.1, -0.05) is 6.07 Å². The number of aromatic nitrogens is 2. The molecule has 1 aliphatic heterocycles. The molecule has 3 rings (SSSR count). The Morgan fingerprint density at radius 3 is 2.68 bits per heavy atom. The fourth-order valence-corrected chi connectivity index (χ4v) is 4.92. The van der Waals surface area contributed by atoms with Crippen LogP contribution in [0.5, 0.6) is 0 Å². The van der Waals surface area contributed by atoms with Gasteiger partial charge in [0.15, 0.2) is 5.78 Å². The molecule has 31 heavy (non-hydrogen) atoms. The lowest BCUT2D eigenvalue weighted by molar-refractivity contribution is 0.0987. The SMILES string of the molecule is CN1C(N)=N[C@](C)(c2cc(CC(=O)c3cnc(CCCCl)cn3)ccc2F)CS1(=O)=O. The van der Waals surface area contributed by atoms with Crippen LogP contribution in [0, 0.1) is 5.82 Å². The first kappa shape index (κ1) is 23.1. The molecule has 11 heteroatoms. The first-order chi connectivity index (χ1) is 14.6. The molecular formula is C20H23ClFN5O3S. The molecular weight excluding hydrogens is 445 g/mol. The molecule has 2 heterocycles. The molecule has 0 saturated heterocycles. The number of rotatable bonds is 7. The normalized spacial score (nSPS) is 20.4. The van der Waals surface area contributed by atoms with Gasteiger partial charge < -0.3 is 5.73 Å². The van der Waals surface area contributed by atoms with Crippen molar-refractivity contribution in [3.05, 3.63) is 58.9 Å². The number of nitrogens with two attached hydrogens (primary N) is 1. The van der Waals surface area contributed by atoms with Gasteiger partial charge in [-0.2, -0.15) is 0 Å². The van der Waals surface area contributed by atoms with Gasteiger partial charge >= 0.3 is 0 Å². The number of carbonyl (C=O) groups is 1. The highest BCUT2D eigenvalue weighted by Gasteiger charge is 2.41. The summed E-state index contributed by atoms with van der Waals surface area (Å²) in [6, 6.07) is 4.12. The van der Waals surface area contributed by atoms with Crippen molar-refractivity contribution in [2.75, 3.05) is 18.7 Å². The van der Waals surface area contributed by atoms with Crippen LogP contribution in [0.25, 0.3) is 0 Å². The first-order valence-electron chi connectivity index (χ1n) is 9.56. The average Bonchev–Trinajstić information content (AvgIpc) is 2.71. The molecule has 2 N–H and O–H groups in total. The van der Waals surface area contributed by atoms with E-state index in [-0.39, 0.29) is 29.4 Å². The number of nitrogens with zero attached hydrogens (tertiary/aromatic N) is 4. The van der Waals surface area contributed by atoms with Crippen LogP contribution >= 0.6 is 11.6 Å². The van der Waals surface area contributed by atoms with Gasteiger partial charge in [0.2, 0.25) is 16.0 Å². The van der Waals surface area contributed by atoms with Crippen LogP contribution in [0.15, 0.2) is 35.6 Å². The lowest BCUT2D eigenvalue weighted by atomic mass is 9.91. The summed E-state index contributed by atoms with van der Waals surface area (Å²) in [5.41, 5.74) is 5.83. The summed E-state index contributed by atoms with van der Waals surface area (Å²) in [6.07, 6.45) is 4.33. The molecule has 8 nitrogen and oxygen atoms in total. The molecule has 166 valence electrons. The molecule has 0 saturated carbocycles. The molecule has 0 radical (unpaired) electrons. The average molecular weight is 468 g/mol. The Bertz CT molecular complexity index is 1120. The van der Waals surface area contributed by atoms with Crippen molar-refractivity contribution >= 4 is 33.4 Å². The lowest BCUT2D eigenvalue weighted by Gasteiger charge is -2.34. The van der Waals surface area contributed by atoms with Gasteiger partial charge in [-0.05, 0) is 37.5 Å². The second-order valence-electron chi connectivity index (χ2n) is 7.57. The van der Waals surface area contributed by atoms with Crippen molar-refractivity contribution in [2.24, 2.45) is 10.7 Å². The van der Waals surface area contributed by atoms with E-state index >= 15 is 0 Å². The highest BCUT2D eigenvalue weighted by Crippen LogP contribution is 2.34. The summed E-state index contributed by atoms with van der Waals surface area (Å²) in [6.45, 7) is 1.50. The van der Waals surface area contributed by atoms with Gasteiger partial charge in [0.25, 0.3) is 0 Å². The number of aryl methyl sites for hydroxylation is 1. The van der Waals surface area contributed by atoms with Crippen LogP contribution < -0.4 is 5.73 Å². The Hall–Kier alpha value is -2.59. The fraction of sp³-hybridized carbons (Fsp3) is 0.400. The van der Waals surface area contributed by atoms with Gasteiger partial charge in [0.05, 0.1) is 17.6 Å². The van der Waals surface area contributed by atoms with E-state index in [0.717, 1.165) is 16.4 Å². The van der Waals surface area contributed by atoms with Crippen molar-refractivity contribution in [1.29, 1.82) is 0 Å². The van der Waals surface area contributed by atoms with E-state index < -0.39 is 27.1 Å². The standard InChI is InChI=1S/C20H23ClFN5O3S/c1-20(12-31(29,30)27(2)19(23)26-20)15-8-13(5-6-16(15)22)9-18(28)17-11-24-14(10-25-17)4-3-7-21/h5-6,8,10-11H,3-4,7,9,12H2,1-2H3,(H2,23,26)/t20-/m0/s1. The summed E-state index contributed by atoms with van der Waals surface area (Å²) in [4.78, 5) is 25.2. The van der Waals surface area contributed by atoms with E-state index in [2.05, 4.69) is 15.0 Å². The molecule has 0 spiro atoms. The molecule has 1 aromatic carbocycles. The number of Topliss-reactive ketones (excluding diaryl/α,β-unsaturated/α-hetero) is 1. The molecule has 0 amide bonds. The third kappa shape index (κ3) is 5.01. The highest BCUT2D eigenvalue weighted by molar-refractivity contribution is 7.89. The fourth-order valence-electron chi connectivity index (χ4n) is 3.33. The number of hydrogen-bond donors (Lipinski definition) is 1. The minimum Gasteiger partial charge on any atom is -0.369 e. The Labute approximate surface area is 185 Å². The molecule has 0 fully saturated rings. The van der Waals surface area contributed by atoms with Gasteiger partial charge in [0.1, 0.15) is 17.1 Å². The summed E-state index contributed by atoms with van der Waals surface area (Å²) < 4.78 is 40.3. The maximum atomic E-state index is 14.6. The zero-order valence-corrected chi connectivity index (χ0v) is 18.7. The summed E-state index contributed by atoms with van der Waals surface area (Å²) in [5, 5.41) is 0. The van der Waals surface area contributed by atoms with Gasteiger partial charge in [-0.3, -0.25) is 9.78 Å². The van der Waals surface area contributed by atoms with Crippen molar-refractivity contribution < 1.29 is 17.6 Å². The number of halogens is 2. The highest BCUT2D eigenvalue weighted by atomic mass is 35.5. The van der Waals surface area contributed by atoms with Crippen LogP contribution in [0.3, 0.4) is 0 Å². The quantitative estimate of drug-likeness (QED) is 0.491. The number of sulfonamides is 1. The van der Waals surface area contributed by atoms with Crippen LogP contribution in [0.4, 0.5) is 4.39 Å². The maximum Gasteiger partial charge on any atom is 0.239 e. The summed E-state index contributed by atoms with van der Waals surface area (Å²) >= 11 is 5.66. The van der Waals surface area contributed by atoms with Crippen LogP contribution in [0.1, 0.15) is 40.7 Å². The van der Waals surface area contributed by atoms with E-state index in [0.29, 0.717) is 17.9 Å². The number of carbonyl (C=O) groups excluding carboxylic acids is 1. The van der Waals surface area contributed by atoms with E-state index in [9.17, 15) is 17.6 Å². The third-order valence-electron chi connectivity index (χ3n) is 5.10. The molecule has 1 atom stereocenters. The Balaban J connectivity index is 1.85. The van der Waals surface area contributed by atoms with Gasteiger partial charge in [-0.25, -0.2) is 27.1 Å². The number of alkyl halides is 1. The number of aliphatic imine (C=N–C) groups is 1.